The summed E-state index contributed by atoms with van der Waals surface area (Å²) < 4.78 is 5.40. The summed E-state index contributed by atoms with van der Waals surface area (Å²) in [5.41, 5.74) is 0.597. The van der Waals surface area contributed by atoms with E-state index in [1.807, 2.05) is 6.92 Å². The van der Waals surface area contributed by atoms with Crippen molar-refractivity contribution in [2.24, 2.45) is 0 Å². The third-order valence-electron chi connectivity index (χ3n) is 4.79. The van der Waals surface area contributed by atoms with Crippen molar-refractivity contribution in [3.8, 4) is 5.75 Å². The van der Waals surface area contributed by atoms with Gasteiger partial charge in [0.05, 0.1) is 31.4 Å². The largest absolute Gasteiger partial charge is 0.494 e. The molecule has 136 valence electrons. The zero-order valence-electron chi connectivity index (χ0n) is 14.6. The first-order valence-electron chi connectivity index (χ1n) is 8.81. The zero-order valence-corrected chi connectivity index (χ0v) is 14.6. The van der Waals surface area contributed by atoms with Gasteiger partial charge >= 0.3 is 0 Å². The minimum atomic E-state index is -0.379. The van der Waals surface area contributed by atoms with Crippen LogP contribution < -0.4 is 9.64 Å². The fourth-order valence-electron chi connectivity index (χ4n) is 3.47. The first-order chi connectivity index (χ1) is 12.1. The van der Waals surface area contributed by atoms with Gasteiger partial charge in [-0.25, -0.2) is 4.90 Å². The summed E-state index contributed by atoms with van der Waals surface area (Å²) in [6, 6.07) is 6.68. The molecule has 2 fully saturated rings. The number of carbonyl (C=O) groups is 2. The maximum absolute atomic E-state index is 12.8. The number of carbonyl (C=O) groups excluding carboxylic acids is 2. The van der Waals surface area contributed by atoms with Crippen molar-refractivity contribution in [3.05, 3.63) is 24.3 Å². The van der Waals surface area contributed by atoms with Crippen LogP contribution in [0.15, 0.2) is 24.3 Å². The lowest BCUT2D eigenvalue weighted by atomic mass is 10.1. The van der Waals surface area contributed by atoms with E-state index in [2.05, 4.69) is 9.80 Å². The number of anilines is 1. The molecule has 2 heterocycles. The van der Waals surface area contributed by atoms with Crippen molar-refractivity contribution >= 4 is 17.5 Å². The molecule has 0 unspecified atom stereocenters. The predicted octanol–water partition coefficient (Wildman–Crippen LogP) is 0.327. The molecule has 25 heavy (non-hydrogen) atoms. The fourth-order valence-corrected chi connectivity index (χ4v) is 3.47. The Morgan fingerprint density at radius 3 is 2.40 bits per heavy atom. The SMILES string of the molecule is CCOc1ccc(N2C(=O)C[C@H](N3CCN(CCO)CC3)C2=O)cc1. The van der Waals surface area contributed by atoms with E-state index in [-0.39, 0.29) is 30.9 Å². The average molecular weight is 347 g/mol. The molecule has 1 aromatic carbocycles. The molecule has 2 aliphatic rings. The van der Waals surface area contributed by atoms with Crippen LogP contribution >= 0.6 is 0 Å². The lowest BCUT2D eigenvalue weighted by Crippen LogP contribution is -2.52. The number of amides is 2. The molecule has 2 saturated heterocycles. The summed E-state index contributed by atoms with van der Waals surface area (Å²) in [6.45, 7) is 6.37. The topological polar surface area (TPSA) is 73.3 Å². The van der Waals surface area contributed by atoms with E-state index in [0.29, 0.717) is 18.8 Å². The van der Waals surface area contributed by atoms with Crippen LogP contribution in [0.2, 0.25) is 0 Å². The highest BCUT2D eigenvalue weighted by Gasteiger charge is 2.43. The highest BCUT2D eigenvalue weighted by atomic mass is 16.5. The second kappa shape index (κ2) is 7.95. The number of β-amino-alcohol motifs (C(OH)–C–C–N with tert-alkyl or cyclic N) is 1. The number of aliphatic hydroxyl groups excluding tert-OH is 1. The van der Waals surface area contributed by atoms with Crippen LogP contribution in [0.1, 0.15) is 13.3 Å². The fraction of sp³-hybridized carbons (Fsp3) is 0.556. The van der Waals surface area contributed by atoms with Crippen molar-refractivity contribution in [1.82, 2.24) is 9.80 Å². The van der Waals surface area contributed by atoms with Gasteiger partial charge in [0.1, 0.15) is 5.75 Å². The number of imide groups is 1. The minimum absolute atomic E-state index is 0.145. The summed E-state index contributed by atoms with van der Waals surface area (Å²) >= 11 is 0. The van der Waals surface area contributed by atoms with Crippen LogP contribution in [0.5, 0.6) is 5.75 Å². The molecular formula is C18H25N3O4. The second-order valence-electron chi connectivity index (χ2n) is 6.32. The lowest BCUT2D eigenvalue weighted by molar-refractivity contribution is -0.123. The molecule has 0 aliphatic carbocycles. The van der Waals surface area contributed by atoms with E-state index < -0.39 is 0 Å². The second-order valence-corrected chi connectivity index (χ2v) is 6.32. The summed E-state index contributed by atoms with van der Waals surface area (Å²) in [4.78, 5) is 30.8. The molecule has 1 aromatic rings. The van der Waals surface area contributed by atoms with Gasteiger partial charge in [-0.2, -0.15) is 0 Å². The number of piperazine rings is 1. The Morgan fingerprint density at radius 2 is 1.80 bits per heavy atom. The molecule has 7 nitrogen and oxygen atoms in total. The van der Waals surface area contributed by atoms with Crippen LogP contribution in [0, 0.1) is 0 Å². The van der Waals surface area contributed by atoms with Crippen molar-refractivity contribution in [3.63, 3.8) is 0 Å². The van der Waals surface area contributed by atoms with E-state index in [0.717, 1.165) is 31.9 Å². The number of hydrogen-bond donors (Lipinski definition) is 1. The number of rotatable bonds is 6. The molecule has 7 heteroatoms. The Morgan fingerprint density at radius 1 is 1.12 bits per heavy atom. The number of nitrogens with zero attached hydrogens (tertiary/aromatic N) is 3. The quantitative estimate of drug-likeness (QED) is 0.748. The van der Waals surface area contributed by atoms with E-state index in [1.165, 1.54) is 4.90 Å². The van der Waals surface area contributed by atoms with Crippen molar-refractivity contribution in [2.45, 2.75) is 19.4 Å². The van der Waals surface area contributed by atoms with Crippen LogP contribution in [-0.4, -0.2) is 78.7 Å². The third-order valence-corrected chi connectivity index (χ3v) is 4.79. The predicted molar refractivity (Wildman–Crippen MR) is 93.6 cm³/mol. The van der Waals surface area contributed by atoms with Gasteiger partial charge < -0.3 is 9.84 Å². The lowest BCUT2D eigenvalue weighted by Gasteiger charge is -2.36. The van der Waals surface area contributed by atoms with Crippen molar-refractivity contribution in [1.29, 1.82) is 0 Å². The molecule has 1 N–H and O–H groups in total. The smallest absolute Gasteiger partial charge is 0.251 e. The first-order valence-corrected chi connectivity index (χ1v) is 8.81. The molecule has 2 aliphatic heterocycles. The Hall–Kier alpha value is -1.96. The highest BCUT2D eigenvalue weighted by Crippen LogP contribution is 2.27. The number of benzene rings is 1. The molecule has 0 aromatic heterocycles. The molecule has 0 spiro atoms. The Labute approximate surface area is 147 Å². The van der Waals surface area contributed by atoms with Crippen LogP contribution in [-0.2, 0) is 9.59 Å². The number of ether oxygens (including phenoxy) is 1. The first kappa shape index (κ1) is 17.8. The molecule has 0 saturated carbocycles. The Bertz CT molecular complexity index is 611. The molecule has 0 bridgehead atoms. The van der Waals surface area contributed by atoms with Gasteiger partial charge in [-0.1, -0.05) is 0 Å². The Balaban J connectivity index is 1.66. The van der Waals surface area contributed by atoms with Gasteiger partial charge in [-0.15, -0.1) is 0 Å². The average Bonchev–Trinajstić information content (AvgIpc) is 2.92. The third kappa shape index (κ3) is 3.84. The summed E-state index contributed by atoms with van der Waals surface area (Å²) in [5.74, 6) is 0.420. The summed E-state index contributed by atoms with van der Waals surface area (Å²) in [6.07, 6.45) is 0.228. The Kier molecular flexibility index (Phi) is 5.67. The van der Waals surface area contributed by atoms with Gasteiger partial charge in [-0.3, -0.25) is 19.4 Å². The highest BCUT2D eigenvalue weighted by molar-refractivity contribution is 6.22. The minimum Gasteiger partial charge on any atom is -0.494 e. The van der Waals surface area contributed by atoms with Gasteiger partial charge in [0.25, 0.3) is 5.91 Å². The maximum atomic E-state index is 12.8. The van der Waals surface area contributed by atoms with Gasteiger partial charge in [0, 0.05) is 32.7 Å². The van der Waals surface area contributed by atoms with Gasteiger partial charge in [0.2, 0.25) is 5.91 Å². The molecule has 1 atom stereocenters. The normalized spacial score (nSPS) is 22.6. The number of aliphatic hydroxyl groups is 1. The molecular weight excluding hydrogens is 322 g/mol. The summed E-state index contributed by atoms with van der Waals surface area (Å²) in [5, 5.41) is 9.02. The number of hydrogen-bond acceptors (Lipinski definition) is 6. The maximum Gasteiger partial charge on any atom is 0.251 e. The monoisotopic (exact) mass is 347 g/mol. The van der Waals surface area contributed by atoms with Gasteiger partial charge in [0.15, 0.2) is 0 Å². The van der Waals surface area contributed by atoms with Crippen molar-refractivity contribution in [2.75, 3.05) is 50.8 Å². The van der Waals surface area contributed by atoms with E-state index >= 15 is 0 Å². The zero-order chi connectivity index (χ0) is 17.8. The van der Waals surface area contributed by atoms with Gasteiger partial charge in [-0.05, 0) is 31.2 Å². The standard InChI is InChI=1S/C18H25N3O4/c1-2-25-15-5-3-14(4-6-15)21-17(23)13-16(18(21)24)20-9-7-19(8-10-20)11-12-22/h3-6,16,22H,2,7-13H2,1H3/t16-/m0/s1. The van der Waals surface area contributed by atoms with E-state index in [9.17, 15) is 9.59 Å². The van der Waals surface area contributed by atoms with Crippen LogP contribution in [0.3, 0.4) is 0 Å². The molecule has 3 rings (SSSR count). The van der Waals surface area contributed by atoms with Crippen molar-refractivity contribution < 1.29 is 19.4 Å². The van der Waals surface area contributed by atoms with E-state index in [1.54, 1.807) is 24.3 Å². The van der Waals surface area contributed by atoms with E-state index in [4.69, 9.17) is 9.84 Å². The van der Waals surface area contributed by atoms with Crippen LogP contribution in [0.4, 0.5) is 5.69 Å². The molecule has 2 amide bonds. The summed E-state index contributed by atoms with van der Waals surface area (Å²) in [7, 11) is 0. The molecule has 0 radical (unpaired) electrons. The van der Waals surface area contributed by atoms with Crippen LogP contribution in [0.25, 0.3) is 0 Å².